The molecular weight excluding hydrogens is 322 g/mol. The molecule has 0 unspecified atom stereocenters. The molecule has 25 heavy (non-hydrogen) atoms. The molecule has 0 aliphatic heterocycles. The van der Waals surface area contributed by atoms with Crippen molar-refractivity contribution in [2.75, 3.05) is 5.73 Å². The second kappa shape index (κ2) is 5.82. The van der Waals surface area contributed by atoms with Crippen LogP contribution in [0.2, 0.25) is 0 Å². The summed E-state index contributed by atoms with van der Waals surface area (Å²) in [6.07, 6.45) is 3.08. The number of nitrogens with two attached hydrogens (primary N) is 2. The Morgan fingerprint density at radius 2 is 2.00 bits per heavy atom. The van der Waals surface area contributed by atoms with E-state index in [1.165, 1.54) is 27.6 Å². The standard InChI is InChI=1S/C17H17N5O3/c1-9-4-5-13(23)10(2)14(9)22-15(18)11(16(19)24)8-12(17(22)25)21-7-3-6-20-21/h3-8,23H,18H2,1-2H3,(H2,19,24). The van der Waals surface area contributed by atoms with Crippen LogP contribution in [0.3, 0.4) is 0 Å². The Morgan fingerprint density at radius 3 is 2.60 bits per heavy atom. The highest BCUT2D eigenvalue weighted by Gasteiger charge is 2.21. The van der Waals surface area contributed by atoms with Crippen LogP contribution in [0.25, 0.3) is 11.4 Å². The number of benzene rings is 1. The first-order valence-electron chi connectivity index (χ1n) is 7.47. The maximum Gasteiger partial charge on any atom is 0.282 e. The summed E-state index contributed by atoms with van der Waals surface area (Å²) in [5.41, 5.74) is 12.7. The van der Waals surface area contributed by atoms with Crippen LogP contribution in [0.5, 0.6) is 5.75 Å². The number of nitrogen functional groups attached to an aromatic ring is 1. The molecule has 3 rings (SSSR count). The number of nitrogens with zero attached hydrogens (tertiary/aromatic N) is 3. The number of aromatic hydroxyl groups is 1. The van der Waals surface area contributed by atoms with Gasteiger partial charge >= 0.3 is 0 Å². The van der Waals surface area contributed by atoms with Gasteiger partial charge in [0.2, 0.25) is 0 Å². The number of amides is 1. The molecule has 8 heteroatoms. The number of aryl methyl sites for hydroxylation is 1. The highest BCUT2D eigenvalue weighted by atomic mass is 16.3. The minimum Gasteiger partial charge on any atom is -0.508 e. The van der Waals surface area contributed by atoms with Crippen LogP contribution < -0.4 is 17.0 Å². The maximum absolute atomic E-state index is 13.1. The second-order valence-electron chi connectivity index (χ2n) is 5.66. The molecule has 1 amide bonds. The quantitative estimate of drug-likeness (QED) is 0.656. The zero-order valence-corrected chi connectivity index (χ0v) is 13.7. The number of carbonyl (C=O) groups is 1. The van der Waals surface area contributed by atoms with Gasteiger partial charge in [-0.2, -0.15) is 5.10 Å². The molecule has 0 bridgehead atoms. The number of hydrogen-bond acceptors (Lipinski definition) is 5. The minimum atomic E-state index is -0.768. The molecule has 0 radical (unpaired) electrons. The van der Waals surface area contributed by atoms with Crippen molar-refractivity contribution in [3.05, 3.63) is 63.7 Å². The zero-order valence-electron chi connectivity index (χ0n) is 13.7. The van der Waals surface area contributed by atoms with Gasteiger partial charge in [0.1, 0.15) is 17.3 Å². The fourth-order valence-electron chi connectivity index (χ4n) is 2.78. The average molecular weight is 339 g/mol. The van der Waals surface area contributed by atoms with E-state index in [0.29, 0.717) is 16.8 Å². The van der Waals surface area contributed by atoms with E-state index in [1.807, 2.05) is 0 Å². The van der Waals surface area contributed by atoms with Crippen molar-refractivity contribution in [1.29, 1.82) is 0 Å². The average Bonchev–Trinajstić information content (AvgIpc) is 3.08. The number of hydrogen-bond donors (Lipinski definition) is 3. The van der Waals surface area contributed by atoms with Crippen LogP contribution in [0.1, 0.15) is 21.5 Å². The van der Waals surface area contributed by atoms with Crippen molar-refractivity contribution < 1.29 is 9.90 Å². The number of anilines is 1. The lowest BCUT2D eigenvalue weighted by Gasteiger charge is -2.19. The van der Waals surface area contributed by atoms with Crippen molar-refractivity contribution in [2.45, 2.75) is 13.8 Å². The second-order valence-corrected chi connectivity index (χ2v) is 5.66. The van der Waals surface area contributed by atoms with Crippen LogP contribution >= 0.6 is 0 Å². The summed E-state index contributed by atoms with van der Waals surface area (Å²) >= 11 is 0. The lowest BCUT2D eigenvalue weighted by atomic mass is 10.1. The first kappa shape index (κ1) is 16.3. The van der Waals surface area contributed by atoms with Gasteiger partial charge in [-0.05, 0) is 37.6 Å². The van der Waals surface area contributed by atoms with Crippen molar-refractivity contribution in [3.63, 3.8) is 0 Å². The Bertz CT molecular complexity index is 1040. The number of pyridine rings is 1. The number of carbonyl (C=O) groups excluding carboxylic acids is 1. The van der Waals surface area contributed by atoms with E-state index in [4.69, 9.17) is 11.5 Å². The zero-order chi connectivity index (χ0) is 18.3. The molecule has 8 nitrogen and oxygen atoms in total. The number of phenols is 1. The predicted molar refractivity (Wildman–Crippen MR) is 93.2 cm³/mol. The van der Waals surface area contributed by atoms with Crippen molar-refractivity contribution in [3.8, 4) is 17.1 Å². The fraction of sp³-hybridized carbons (Fsp3) is 0.118. The molecule has 0 aliphatic rings. The van der Waals surface area contributed by atoms with Gasteiger partial charge in [-0.25, -0.2) is 4.68 Å². The molecule has 0 aliphatic carbocycles. The molecule has 3 aromatic rings. The van der Waals surface area contributed by atoms with Gasteiger partial charge in [0, 0.05) is 18.0 Å². The number of phenolic OH excluding ortho intramolecular Hbond substituents is 1. The van der Waals surface area contributed by atoms with E-state index in [9.17, 15) is 14.7 Å². The molecule has 2 heterocycles. The van der Waals surface area contributed by atoms with Gasteiger partial charge < -0.3 is 16.6 Å². The molecule has 0 saturated carbocycles. The molecule has 0 spiro atoms. The number of primary amides is 1. The van der Waals surface area contributed by atoms with E-state index in [1.54, 1.807) is 32.2 Å². The summed E-state index contributed by atoms with van der Waals surface area (Å²) in [7, 11) is 0. The third-order valence-electron chi connectivity index (χ3n) is 4.06. The van der Waals surface area contributed by atoms with Crippen LogP contribution in [0.4, 0.5) is 5.82 Å². The smallest absolute Gasteiger partial charge is 0.282 e. The van der Waals surface area contributed by atoms with Gasteiger partial charge in [0.15, 0.2) is 0 Å². The Hall–Kier alpha value is -3.55. The summed E-state index contributed by atoms with van der Waals surface area (Å²) in [5, 5.41) is 14.1. The summed E-state index contributed by atoms with van der Waals surface area (Å²) in [4.78, 5) is 24.9. The molecule has 0 fully saturated rings. The first-order chi connectivity index (χ1) is 11.8. The molecule has 0 saturated heterocycles. The monoisotopic (exact) mass is 339 g/mol. The van der Waals surface area contributed by atoms with Crippen molar-refractivity contribution in [2.24, 2.45) is 5.73 Å². The summed E-state index contributed by atoms with van der Waals surface area (Å²) in [5.74, 6) is -0.850. The highest BCUT2D eigenvalue weighted by Crippen LogP contribution is 2.28. The predicted octanol–water partition coefficient (Wildman–Crippen LogP) is 1.03. The van der Waals surface area contributed by atoms with E-state index in [0.717, 1.165) is 0 Å². The lowest BCUT2D eigenvalue weighted by molar-refractivity contribution is 0.100. The molecule has 128 valence electrons. The Labute approximate surface area is 142 Å². The molecular formula is C17H17N5O3. The summed E-state index contributed by atoms with van der Waals surface area (Å²) in [6, 6.07) is 6.15. The van der Waals surface area contributed by atoms with Crippen LogP contribution in [0.15, 0.2) is 41.5 Å². The van der Waals surface area contributed by atoms with Gasteiger partial charge in [0.05, 0.1) is 11.3 Å². The number of rotatable bonds is 3. The van der Waals surface area contributed by atoms with Gasteiger partial charge in [-0.1, -0.05) is 6.07 Å². The topological polar surface area (TPSA) is 129 Å². The summed E-state index contributed by atoms with van der Waals surface area (Å²) < 4.78 is 2.51. The van der Waals surface area contributed by atoms with E-state index in [-0.39, 0.29) is 22.8 Å². The van der Waals surface area contributed by atoms with E-state index in [2.05, 4.69) is 5.10 Å². The molecule has 2 aromatic heterocycles. The minimum absolute atomic E-state index is 0.00718. The van der Waals surface area contributed by atoms with Gasteiger partial charge in [-0.15, -0.1) is 0 Å². The third-order valence-corrected chi connectivity index (χ3v) is 4.06. The maximum atomic E-state index is 13.1. The van der Waals surface area contributed by atoms with Crippen LogP contribution in [-0.2, 0) is 0 Å². The fourth-order valence-corrected chi connectivity index (χ4v) is 2.78. The SMILES string of the molecule is Cc1ccc(O)c(C)c1-n1c(N)c(C(N)=O)cc(-n2cccn2)c1=O. The number of aromatic nitrogens is 3. The Morgan fingerprint density at radius 1 is 1.28 bits per heavy atom. The molecule has 0 atom stereocenters. The Balaban J connectivity index is 2.48. The highest BCUT2D eigenvalue weighted by molar-refractivity contribution is 5.98. The molecule has 1 aromatic carbocycles. The van der Waals surface area contributed by atoms with Crippen LogP contribution in [-0.4, -0.2) is 25.4 Å². The van der Waals surface area contributed by atoms with Gasteiger partial charge in [0.25, 0.3) is 11.5 Å². The largest absolute Gasteiger partial charge is 0.508 e. The summed E-state index contributed by atoms with van der Waals surface area (Å²) in [6.45, 7) is 3.44. The Kier molecular flexibility index (Phi) is 3.80. The lowest BCUT2D eigenvalue weighted by Crippen LogP contribution is -2.30. The van der Waals surface area contributed by atoms with E-state index < -0.39 is 11.5 Å². The van der Waals surface area contributed by atoms with Crippen molar-refractivity contribution in [1.82, 2.24) is 14.3 Å². The van der Waals surface area contributed by atoms with Crippen molar-refractivity contribution >= 4 is 11.7 Å². The first-order valence-corrected chi connectivity index (χ1v) is 7.47. The normalized spacial score (nSPS) is 10.8. The molecule has 5 N–H and O–H groups in total. The van der Waals surface area contributed by atoms with Crippen LogP contribution in [0, 0.1) is 13.8 Å². The third kappa shape index (κ3) is 2.53. The van der Waals surface area contributed by atoms with E-state index >= 15 is 0 Å². The van der Waals surface area contributed by atoms with Gasteiger partial charge in [-0.3, -0.25) is 14.2 Å².